The summed E-state index contributed by atoms with van der Waals surface area (Å²) in [5, 5.41) is 8.23. The van der Waals surface area contributed by atoms with Gasteiger partial charge < -0.3 is 10.1 Å². The van der Waals surface area contributed by atoms with Gasteiger partial charge in [-0.2, -0.15) is 5.10 Å². The third-order valence-corrected chi connectivity index (χ3v) is 4.70. The van der Waals surface area contributed by atoms with Gasteiger partial charge >= 0.3 is 0 Å². The number of rotatable bonds is 5. The molecule has 106 valence electrons. The molecule has 3 rings (SSSR count). The first-order chi connectivity index (χ1) is 9.36. The number of hydrogen-bond acceptors (Lipinski definition) is 3. The Morgan fingerprint density at radius 2 is 2.26 bits per heavy atom. The molecule has 1 aliphatic carbocycles. The predicted octanol–water partition coefficient (Wildman–Crippen LogP) is 2.17. The van der Waals surface area contributed by atoms with Gasteiger partial charge in [0.25, 0.3) is 0 Å². The van der Waals surface area contributed by atoms with Gasteiger partial charge in [0.2, 0.25) is 0 Å². The maximum atomic E-state index is 5.50. The van der Waals surface area contributed by atoms with Crippen LogP contribution in [0.1, 0.15) is 43.8 Å². The first-order valence-corrected chi connectivity index (χ1v) is 7.66. The molecule has 0 aromatic carbocycles. The van der Waals surface area contributed by atoms with Crippen LogP contribution in [0.5, 0.6) is 0 Å². The van der Waals surface area contributed by atoms with Crippen LogP contribution in [0.3, 0.4) is 0 Å². The Hall–Kier alpha value is -0.870. The summed E-state index contributed by atoms with van der Waals surface area (Å²) in [6.07, 6.45) is 9.68. The number of ether oxygens (including phenoxy) is 1. The third-order valence-electron chi connectivity index (χ3n) is 4.70. The van der Waals surface area contributed by atoms with Crippen molar-refractivity contribution in [1.82, 2.24) is 15.1 Å². The van der Waals surface area contributed by atoms with E-state index < -0.39 is 0 Å². The van der Waals surface area contributed by atoms with Gasteiger partial charge in [-0.1, -0.05) is 12.8 Å². The minimum atomic E-state index is 0.495. The molecule has 2 fully saturated rings. The lowest BCUT2D eigenvalue weighted by atomic mass is 9.95. The number of aromatic nitrogens is 2. The van der Waals surface area contributed by atoms with Crippen molar-refractivity contribution in [3.63, 3.8) is 0 Å². The Balaban J connectivity index is 1.61. The fourth-order valence-electron chi connectivity index (χ4n) is 3.46. The van der Waals surface area contributed by atoms with E-state index in [0.717, 1.165) is 19.6 Å². The molecule has 1 aromatic heterocycles. The highest BCUT2D eigenvalue weighted by Crippen LogP contribution is 2.29. The van der Waals surface area contributed by atoms with E-state index in [2.05, 4.69) is 29.3 Å². The normalized spacial score (nSPS) is 26.1. The van der Waals surface area contributed by atoms with Crippen molar-refractivity contribution in [2.24, 2.45) is 5.92 Å². The summed E-state index contributed by atoms with van der Waals surface area (Å²) in [6, 6.07) is 3.34. The lowest BCUT2D eigenvalue weighted by molar-refractivity contribution is 0.177. The van der Waals surface area contributed by atoms with Crippen molar-refractivity contribution in [3.8, 4) is 0 Å². The second-order valence-electron chi connectivity index (χ2n) is 5.95. The van der Waals surface area contributed by atoms with Crippen LogP contribution in [0.4, 0.5) is 0 Å². The topological polar surface area (TPSA) is 39.1 Å². The molecule has 0 spiro atoms. The highest BCUT2D eigenvalue weighted by molar-refractivity contribution is 5.03. The summed E-state index contributed by atoms with van der Waals surface area (Å²) in [7, 11) is 2.05. The smallest absolute Gasteiger partial charge is 0.0640 e. The molecule has 4 nitrogen and oxygen atoms in total. The van der Waals surface area contributed by atoms with E-state index in [0.29, 0.717) is 18.0 Å². The Morgan fingerprint density at radius 1 is 1.42 bits per heavy atom. The van der Waals surface area contributed by atoms with Crippen LogP contribution < -0.4 is 5.32 Å². The minimum absolute atomic E-state index is 0.495. The van der Waals surface area contributed by atoms with Crippen molar-refractivity contribution in [2.75, 3.05) is 20.3 Å². The number of nitrogens with zero attached hydrogens (tertiary/aromatic N) is 2. The van der Waals surface area contributed by atoms with E-state index in [-0.39, 0.29) is 0 Å². The van der Waals surface area contributed by atoms with E-state index in [4.69, 9.17) is 9.84 Å². The molecular weight excluding hydrogens is 238 g/mol. The first kappa shape index (κ1) is 13.1. The SMILES string of the molecule is CNC(Cc1ccn(C2CCCC2)n1)C1CCOC1. The second kappa shape index (κ2) is 6.06. The number of hydrogen-bond donors (Lipinski definition) is 1. The van der Waals surface area contributed by atoms with E-state index in [9.17, 15) is 0 Å². The molecule has 0 amide bonds. The number of nitrogens with one attached hydrogen (secondary N) is 1. The summed E-state index contributed by atoms with van der Waals surface area (Å²) in [4.78, 5) is 0. The maximum Gasteiger partial charge on any atom is 0.0640 e. The standard InChI is InChI=1S/C15H25N3O/c1-16-15(12-7-9-19-11-12)10-13-6-8-18(17-13)14-4-2-3-5-14/h6,8,12,14-16H,2-5,7,9-11H2,1H3. The Bertz CT molecular complexity index is 392. The van der Waals surface area contributed by atoms with Crippen LogP contribution >= 0.6 is 0 Å². The molecule has 2 heterocycles. The minimum Gasteiger partial charge on any atom is -0.381 e. The predicted molar refractivity (Wildman–Crippen MR) is 75.2 cm³/mol. The van der Waals surface area contributed by atoms with Gasteiger partial charge in [-0.25, -0.2) is 0 Å². The van der Waals surface area contributed by atoms with E-state index in [1.54, 1.807) is 0 Å². The average molecular weight is 263 g/mol. The monoisotopic (exact) mass is 263 g/mol. The molecule has 0 radical (unpaired) electrons. The summed E-state index contributed by atoms with van der Waals surface area (Å²) in [6.45, 7) is 1.81. The fourth-order valence-corrected chi connectivity index (χ4v) is 3.46. The third kappa shape index (κ3) is 3.00. The van der Waals surface area contributed by atoms with Gasteiger partial charge in [-0.3, -0.25) is 4.68 Å². The molecule has 19 heavy (non-hydrogen) atoms. The van der Waals surface area contributed by atoms with Crippen LogP contribution in [-0.4, -0.2) is 36.1 Å². The molecule has 2 atom stereocenters. The van der Waals surface area contributed by atoms with E-state index in [1.807, 2.05) is 0 Å². The molecule has 2 aliphatic rings. The van der Waals surface area contributed by atoms with Gasteiger partial charge in [-0.05, 0) is 32.4 Å². The fraction of sp³-hybridized carbons (Fsp3) is 0.800. The highest BCUT2D eigenvalue weighted by Gasteiger charge is 2.25. The van der Waals surface area contributed by atoms with Crippen LogP contribution in [-0.2, 0) is 11.2 Å². The van der Waals surface area contributed by atoms with Gasteiger partial charge in [0.15, 0.2) is 0 Å². The van der Waals surface area contributed by atoms with Crippen molar-refractivity contribution >= 4 is 0 Å². The summed E-state index contributed by atoms with van der Waals surface area (Å²) < 4.78 is 7.69. The van der Waals surface area contributed by atoms with Crippen LogP contribution in [0.2, 0.25) is 0 Å². The van der Waals surface area contributed by atoms with Gasteiger partial charge in [0, 0.05) is 31.2 Å². The first-order valence-electron chi connectivity index (χ1n) is 7.66. The van der Waals surface area contributed by atoms with Crippen LogP contribution in [0, 0.1) is 5.92 Å². The molecule has 1 N–H and O–H groups in total. The maximum absolute atomic E-state index is 5.50. The highest BCUT2D eigenvalue weighted by atomic mass is 16.5. The van der Waals surface area contributed by atoms with Crippen LogP contribution in [0.25, 0.3) is 0 Å². The molecule has 2 unspecified atom stereocenters. The quantitative estimate of drug-likeness (QED) is 0.885. The Labute approximate surface area is 115 Å². The zero-order valence-corrected chi connectivity index (χ0v) is 11.8. The number of likely N-dealkylation sites (N-methyl/N-ethyl adjacent to an activating group) is 1. The average Bonchev–Trinajstić information content (AvgIpc) is 3.15. The van der Waals surface area contributed by atoms with Crippen molar-refractivity contribution in [2.45, 2.75) is 50.6 Å². The van der Waals surface area contributed by atoms with E-state index in [1.165, 1.54) is 37.8 Å². The molecule has 1 saturated heterocycles. The van der Waals surface area contributed by atoms with Gasteiger partial charge in [-0.15, -0.1) is 0 Å². The lowest BCUT2D eigenvalue weighted by Gasteiger charge is -2.20. The zero-order chi connectivity index (χ0) is 13.1. The van der Waals surface area contributed by atoms with Gasteiger partial charge in [0.1, 0.15) is 0 Å². The van der Waals surface area contributed by atoms with E-state index >= 15 is 0 Å². The Morgan fingerprint density at radius 3 is 2.95 bits per heavy atom. The summed E-state index contributed by atoms with van der Waals surface area (Å²) in [5.41, 5.74) is 1.22. The van der Waals surface area contributed by atoms with Crippen molar-refractivity contribution in [3.05, 3.63) is 18.0 Å². The van der Waals surface area contributed by atoms with Crippen LogP contribution in [0.15, 0.2) is 12.3 Å². The molecule has 1 aliphatic heterocycles. The molecule has 1 saturated carbocycles. The second-order valence-corrected chi connectivity index (χ2v) is 5.95. The lowest BCUT2D eigenvalue weighted by Crippen LogP contribution is -2.36. The molecule has 0 bridgehead atoms. The largest absolute Gasteiger partial charge is 0.381 e. The Kier molecular flexibility index (Phi) is 4.18. The molecule has 1 aromatic rings. The molecule has 4 heteroatoms. The molecular formula is C15H25N3O. The zero-order valence-electron chi connectivity index (χ0n) is 11.8. The van der Waals surface area contributed by atoms with Gasteiger partial charge in [0.05, 0.1) is 18.3 Å². The van der Waals surface area contributed by atoms with Crippen molar-refractivity contribution < 1.29 is 4.74 Å². The van der Waals surface area contributed by atoms with Crippen molar-refractivity contribution in [1.29, 1.82) is 0 Å². The summed E-state index contributed by atoms with van der Waals surface area (Å²) >= 11 is 0. The summed E-state index contributed by atoms with van der Waals surface area (Å²) in [5.74, 6) is 0.640.